The molecule has 0 aromatic heterocycles. The Bertz CT molecular complexity index is 733. The lowest BCUT2D eigenvalue weighted by Gasteiger charge is -2.62. The van der Waals surface area contributed by atoms with Crippen molar-refractivity contribution in [2.75, 3.05) is 0 Å². The Kier molecular flexibility index (Phi) is 8.17. The Balaban J connectivity index is 1.45. The van der Waals surface area contributed by atoms with Crippen LogP contribution in [0.25, 0.3) is 0 Å². The second-order valence-corrected chi connectivity index (χ2v) is 12.9. The molecule has 0 heterocycles. The van der Waals surface area contributed by atoms with Crippen molar-refractivity contribution >= 4 is 11.8 Å². The third-order valence-electron chi connectivity index (χ3n) is 11.2. The molecule has 9 atom stereocenters. The largest absolute Gasteiger partial charge is 0.462 e. The number of rotatable bonds is 9. The molecule has 4 heteroatoms. The molecule has 0 saturated heterocycles. The van der Waals surface area contributed by atoms with E-state index in [2.05, 4.69) is 20.8 Å². The highest BCUT2D eigenvalue weighted by Crippen LogP contribution is 2.67. The number of carbonyl (C=O) groups excluding carboxylic acids is 2. The molecule has 4 rings (SSSR count). The Morgan fingerprint density at radius 1 is 0.912 bits per heavy atom. The van der Waals surface area contributed by atoms with Crippen LogP contribution in [0.15, 0.2) is 0 Å². The van der Waals surface area contributed by atoms with Gasteiger partial charge in [-0.05, 0) is 87.4 Å². The van der Waals surface area contributed by atoms with Crippen LogP contribution in [-0.4, -0.2) is 29.1 Å². The number of esters is 1. The smallest absolute Gasteiger partial charge is 0.306 e. The number of aliphatic hydroxyl groups is 1. The third-order valence-corrected chi connectivity index (χ3v) is 11.2. The maximum atomic E-state index is 12.9. The first kappa shape index (κ1) is 26.2. The van der Waals surface area contributed by atoms with Gasteiger partial charge in [-0.15, -0.1) is 0 Å². The normalized spacial score (nSPS) is 43.5. The van der Waals surface area contributed by atoms with Gasteiger partial charge in [-0.3, -0.25) is 9.59 Å². The van der Waals surface area contributed by atoms with Crippen LogP contribution in [0.2, 0.25) is 0 Å². The van der Waals surface area contributed by atoms with Crippen LogP contribution in [0.5, 0.6) is 0 Å². The maximum absolute atomic E-state index is 12.9. The van der Waals surface area contributed by atoms with Crippen molar-refractivity contribution in [3.63, 3.8) is 0 Å². The van der Waals surface area contributed by atoms with Crippen LogP contribution in [0, 0.1) is 40.4 Å². The number of carbonyl (C=O) groups is 2. The molecule has 0 aromatic rings. The van der Waals surface area contributed by atoms with Gasteiger partial charge < -0.3 is 9.84 Å². The molecule has 0 aliphatic heterocycles. The lowest BCUT2D eigenvalue weighted by atomic mass is 9.44. The quantitative estimate of drug-likeness (QED) is 0.293. The van der Waals surface area contributed by atoms with Gasteiger partial charge in [-0.1, -0.05) is 52.9 Å². The molecule has 0 bridgehead atoms. The van der Waals surface area contributed by atoms with E-state index in [1.165, 1.54) is 38.5 Å². The fraction of sp³-hybridized carbons (Fsp3) is 0.933. The second-order valence-electron chi connectivity index (χ2n) is 12.9. The minimum atomic E-state index is -0.358. The summed E-state index contributed by atoms with van der Waals surface area (Å²) in [6.07, 6.45) is 15.2. The van der Waals surface area contributed by atoms with Crippen LogP contribution in [0.3, 0.4) is 0 Å². The summed E-state index contributed by atoms with van der Waals surface area (Å²) in [5, 5.41) is 10.7. The predicted molar refractivity (Wildman–Crippen MR) is 135 cm³/mol. The number of hydrogen-bond acceptors (Lipinski definition) is 4. The Morgan fingerprint density at radius 3 is 2.38 bits per heavy atom. The molecule has 1 N–H and O–H groups in total. The number of ketones is 1. The Hall–Kier alpha value is -0.900. The average molecular weight is 475 g/mol. The lowest BCUT2D eigenvalue weighted by molar-refractivity contribution is -0.202. The molecule has 34 heavy (non-hydrogen) atoms. The van der Waals surface area contributed by atoms with Gasteiger partial charge in [0.1, 0.15) is 11.9 Å². The zero-order valence-electron chi connectivity index (χ0n) is 22.3. The SMILES string of the molecule is CCCCCCCCC(=O)OC1C[C@@H](O)C[C@@H]2CC[C@@H]3[C@@H]4CC[C@H](C(C)=O)[C@@]4(C)CC[C@@H]3[C@@]12C. The van der Waals surface area contributed by atoms with E-state index in [0.29, 0.717) is 42.3 Å². The van der Waals surface area contributed by atoms with Crippen molar-refractivity contribution in [3.05, 3.63) is 0 Å². The Morgan fingerprint density at radius 2 is 1.65 bits per heavy atom. The van der Waals surface area contributed by atoms with E-state index < -0.39 is 0 Å². The van der Waals surface area contributed by atoms with Gasteiger partial charge in [0.15, 0.2) is 0 Å². The van der Waals surface area contributed by atoms with Crippen molar-refractivity contribution < 1.29 is 19.4 Å². The molecule has 4 fully saturated rings. The van der Waals surface area contributed by atoms with E-state index in [1.807, 2.05) is 0 Å². The van der Waals surface area contributed by atoms with E-state index in [1.54, 1.807) is 6.92 Å². The highest BCUT2D eigenvalue weighted by Gasteiger charge is 2.63. The molecule has 0 aromatic carbocycles. The van der Waals surface area contributed by atoms with Gasteiger partial charge >= 0.3 is 5.97 Å². The summed E-state index contributed by atoms with van der Waals surface area (Å²) in [5.74, 6) is 2.75. The van der Waals surface area contributed by atoms with Crippen LogP contribution >= 0.6 is 0 Å². The zero-order valence-corrected chi connectivity index (χ0v) is 22.3. The van der Waals surface area contributed by atoms with E-state index >= 15 is 0 Å². The average Bonchev–Trinajstić information content (AvgIpc) is 3.14. The van der Waals surface area contributed by atoms with Crippen LogP contribution < -0.4 is 0 Å². The monoisotopic (exact) mass is 474 g/mol. The maximum Gasteiger partial charge on any atom is 0.306 e. The van der Waals surface area contributed by atoms with E-state index in [4.69, 9.17) is 4.74 Å². The minimum absolute atomic E-state index is 0.0471. The summed E-state index contributed by atoms with van der Waals surface area (Å²) in [7, 11) is 0. The molecule has 4 aliphatic carbocycles. The van der Waals surface area contributed by atoms with Gasteiger partial charge in [0.2, 0.25) is 0 Å². The van der Waals surface area contributed by atoms with E-state index in [9.17, 15) is 14.7 Å². The topological polar surface area (TPSA) is 63.6 Å². The van der Waals surface area contributed by atoms with Gasteiger partial charge in [-0.25, -0.2) is 0 Å². The van der Waals surface area contributed by atoms with Crippen molar-refractivity contribution in [1.29, 1.82) is 0 Å². The molecule has 0 radical (unpaired) electrons. The number of Topliss-reactive ketones (excluding diaryl/α,β-unsaturated/α-hetero) is 1. The summed E-state index contributed by atoms with van der Waals surface area (Å²) in [6.45, 7) is 8.80. The van der Waals surface area contributed by atoms with Gasteiger partial charge in [-0.2, -0.15) is 0 Å². The molecule has 4 nitrogen and oxygen atoms in total. The van der Waals surface area contributed by atoms with E-state index in [0.717, 1.165) is 44.9 Å². The van der Waals surface area contributed by atoms with Gasteiger partial charge in [0, 0.05) is 24.2 Å². The number of hydrogen-bond donors (Lipinski definition) is 1. The lowest BCUT2D eigenvalue weighted by Crippen LogP contribution is -2.60. The molecule has 4 saturated carbocycles. The van der Waals surface area contributed by atoms with Crippen molar-refractivity contribution in [2.24, 2.45) is 40.4 Å². The standard InChI is InChI=1S/C30H50O4/c1-5-6-7-8-9-10-11-28(33)34-27-19-22(32)18-21-12-13-23-25-15-14-24(20(2)31)29(25,3)17-16-26(23)30(21,27)4/h21-27,32H,5-19H2,1-4H3/t21-,22-,23+,24+,25-,26-,27?,29+,30-/m0/s1. The van der Waals surface area contributed by atoms with Crippen LogP contribution in [0.4, 0.5) is 0 Å². The van der Waals surface area contributed by atoms with Crippen LogP contribution in [-0.2, 0) is 14.3 Å². The Labute approximate surface area is 208 Å². The predicted octanol–water partition coefficient (Wildman–Crippen LogP) is 6.87. The van der Waals surface area contributed by atoms with Crippen molar-refractivity contribution in [2.45, 2.75) is 136 Å². The summed E-state index contributed by atoms with van der Waals surface area (Å²) in [5.41, 5.74) is 0.100. The number of ether oxygens (including phenoxy) is 1. The molecule has 194 valence electrons. The molecule has 0 amide bonds. The second kappa shape index (κ2) is 10.6. The zero-order chi connectivity index (χ0) is 24.5. The van der Waals surface area contributed by atoms with Crippen LogP contribution in [0.1, 0.15) is 124 Å². The van der Waals surface area contributed by atoms with Crippen molar-refractivity contribution in [1.82, 2.24) is 0 Å². The van der Waals surface area contributed by atoms with Gasteiger partial charge in [0.25, 0.3) is 0 Å². The first-order valence-electron chi connectivity index (χ1n) is 14.6. The molecule has 4 aliphatic rings. The highest BCUT2D eigenvalue weighted by atomic mass is 16.5. The first-order valence-corrected chi connectivity index (χ1v) is 14.6. The fourth-order valence-electron chi connectivity index (χ4n) is 9.38. The third kappa shape index (κ3) is 4.74. The summed E-state index contributed by atoms with van der Waals surface area (Å²) in [4.78, 5) is 25.3. The fourth-order valence-corrected chi connectivity index (χ4v) is 9.38. The summed E-state index contributed by atoms with van der Waals surface area (Å²) in [6, 6.07) is 0. The first-order chi connectivity index (χ1) is 16.2. The molecule has 0 spiro atoms. The molecule has 1 unspecified atom stereocenters. The number of aliphatic hydroxyl groups excluding tert-OH is 1. The molecular formula is C30H50O4. The minimum Gasteiger partial charge on any atom is -0.462 e. The number of unbranched alkanes of at least 4 members (excludes halogenated alkanes) is 5. The van der Waals surface area contributed by atoms with Crippen molar-refractivity contribution in [3.8, 4) is 0 Å². The molecular weight excluding hydrogens is 424 g/mol. The van der Waals surface area contributed by atoms with Gasteiger partial charge in [0.05, 0.1) is 6.10 Å². The highest BCUT2D eigenvalue weighted by molar-refractivity contribution is 5.79. The summed E-state index contributed by atoms with van der Waals surface area (Å²) >= 11 is 0. The number of fused-ring (bicyclic) bond motifs is 5. The summed E-state index contributed by atoms with van der Waals surface area (Å²) < 4.78 is 6.25. The van der Waals surface area contributed by atoms with E-state index in [-0.39, 0.29) is 34.9 Å².